The molecular formula is C18H20FN3O. The molecule has 0 aliphatic carbocycles. The smallest absolute Gasteiger partial charge is 0.130 e. The molecule has 0 fully saturated rings. The lowest BCUT2D eigenvalue weighted by atomic mass is 10.1. The summed E-state index contributed by atoms with van der Waals surface area (Å²) in [5, 5.41) is 0. The van der Waals surface area contributed by atoms with Gasteiger partial charge in [-0.05, 0) is 30.2 Å². The number of nitrogen functional groups attached to an aromatic ring is 1. The number of nitrogens with zero attached hydrogens (tertiary/aromatic N) is 2. The number of aromatic nitrogens is 1. The topological polar surface area (TPSA) is 51.4 Å². The number of rotatable bonds is 4. The highest BCUT2D eigenvalue weighted by molar-refractivity contribution is 5.66. The monoisotopic (exact) mass is 313 g/mol. The van der Waals surface area contributed by atoms with Gasteiger partial charge >= 0.3 is 0 Å². The number of benzene rings is 1. The van der Waals surface area contributed by atoms with E-state index in [2.05, 4.69) is 18.8 Å². The van der Waals surface area contributed by atoms with Gasteiger partial charge in [-0.2, -0.15) is 0 Å². The molecule has 4 nitrogen and oxygen atoms in total. The van der Waals surface area contributed by atoms with E-state index in [4.69, 9.17) is 10.5 Å². The average molecular weight is 313 g/mol. The summed E-state index contributed by atoms with van der Waals surface area (Å²) in [5.74, 6) is 1.34. The van der Waals surface area contributed by atoms with Crippen molar-refractivity contribution in [3.8, 4) is 5.75 Å². The molecule has 1 aromatic heterocycles. The van der Waals surface area contributed by atoms with Crippen LogP contribution in [0.3, 0.4) is 0 Å². The Kier molecular flexibility index (Phi) is 4.19. The van der Waals surface area contributed by atoms with Crippen molar-refractivity contribution in [1.82, 2.24) is 4.98 Å². The second kappa shape index (κ2) is 6.28. The lowest BCUT2D eigenvalue weighted by Crippen LogP contribution is -2.21. The van der Waals surface area contributed by atoms with Crippen LogP contribution in [-0.4, -0.2) is 11.6 Å². The maximum Gasteiger partial charge on any atom is 0.130 e. The summed E-state index contributed by atoms with van der Waals surface area (Å²) in [4.78, 5) is 6.32. The number of halogens is 1. The summed E-state index contributed by atoms with van der Waals surface area (Å²) >= 11 is 0. The van der Waals surface area contributed by atoms with E-state index in [0.29, 0.717) is 24.9 Å². The van der Waals surface area contributed by atoms with Crippen molar-refractivity contribution in [2.45, 2.75) is 20.4 Å². The SMILES string of the molecule is CC(C)COc1cc(N)nc2c1CN(c1cccc(F)c1)C=C2. The Labute approximate surface area is 135 Å². The Morgan fingerprint density at radius 3 is 2.91 bits per heavy atom. The minimum atomic E-state index is -0.256. The fraction of sp³-hybridized carbons (Fsp3) is 0.278. The minimum Gasteiger partial charge on any atom is -0.493 e. The summed E-state index contributed by atoms with van der Waals surface area (Å²) in [6.07, 6.45) is 3.76. The second-order valence-corrected chi connectivity index (χ2v) is 6.04. The molecule has 2 N–H and O–H groups in total. The molecule has 1 aliphatic heterocycles. The predicted molar refractivity (Wildman–Crippen MR) is 90.6 cm³/mol. The van der Waals surface area contributed by atoms with Gasteiger partial charge in [-0.3, -0.25) is 0 Å². The molecule has 0 saturated heterocycles. The van der Waals surface area contributed by atoms with Crippen molar-refractivity contribution in [3.05, 3.63) is 53.6 Å². The molecule has 5 heteroatoms. The van der Waals surface area contributed by atoms with Crippen LogP contribution in [0.4, 0.5) is 15.9 Å². The highest BCUT2D eigenvalue weighted by Gasteiger charge is 2.19. The van der Waals surface area contributed by atoms with Crippen molar-refractivity contribution in [2.75, 3.05) is 17.2 Å². The first-order valence-electron chi connectivity index (χ1n) is 7.65. The lowest BCUT2D eigenvalue weighted by Gasteiger charge is -2.27. The third kappa shape index (κ3) is 3.44. The van der Waals surface area contributed by atoms with Crippen molar-refractivity contribution in [3.63, 3.8) is 0 Å². The summed E-state index contributed by atoms with van der Waals surface area (Å²) in [5.41, 5.74) is 8.42. The quantitative estimate of drug-likeness (QED) is 0.932. The molecule has 2 heterocycles. The molecule has 0 amide bonds. The maximum absolute atomic E-state index is 13.5. The van der Waals surface area contributed by atoms with Crippen molar-refractivity contribution in [2.24, 2.45) is 5.92 Å². The summed E-state index contributed by atoms with van der Waals surface area (Å²) < 4.78 is 19.4. The Bertz CT molecular complexity index is 743. The zero-order valence-corrected chi connectivity index (χ0v) is 13.3. The van der Waals surface area contributed by atoms with E-state index in [-0.39, 0.29) is 5.82 Å². The van der Waals surface area contributed by atoms with E-state index in [1.807, 2.05) is 23.2 Å². The first kappa shape index (κ1) is 15.3. The van der Waals surface area contributed by atoms with Gasteiger partial charge in [-0.15, -0.1) is 0 Å². The van der Waals surface area contributed by atoms with Crippen LogP contribution >= 0.6 is 0 Å². The van der Waals surface area contributed by atoms with Gasteiger partial charge in [0.25, 0.3) is 0 Å². The van der Waals surface area contributed by atoms with Crippen LogP contribution in [0.25, 0.3) is 6.08 Å². The number of nitrogens with two attached hydrogens (primary N) is 1. The molecule has 120 valence electrons. The molecule has 0 spiro atoms. The fourth-order valence-electron chi connectivity index (χ4n) is 2.48. The summed E-state index contributed by atoms with van der Waals surface area (Å²) in [6, 6.07) is 8.27. The van der Waals surface area contributed by atoms with Gasteiger partial charge < -0.3 is 15.4 Å². The van der Waals surface area contributed by atoms with Gasteiger partial charge in [0.05, 0.1) is 18.8 Å². The van der Waals surface area contributed by atoms with Crippen molar-refractivity contribution in [1.29, 1.82) is 0 Å². The van der Waals surface area contributed by atoms with Gasteiger partial charge in [-0.1, -0.05) is 19.9 Å². The van der Waals surface area contributed by atoms with Crippen molar-refractivity contribution < 1.29 is 9.13 Å². The molecule has 0 radical (unpaired) electrons. The Morgan fingerprint density at radius 2 is 2.17 bits per heavy atom. The fourth-order valence-corrected chi connectivity index (χ4v) is 2.48. The molecule has 0 saturated carbocycles. The molecule has 1 aromatic carbocycles. The first-order valence-corrected chi connectivity index (χ1v) is 7.65. The van der Waals surface area contributed by atoms with Crippen LogP contribution < -0.4 is 15.4 Å². The molecule has 3 rings (SSSR count). The largest absolute Gasteiger partial charge is 0.493 e. The van der Waals surface area contributed by atoms with Crippen LogP contribution in [0.1, 0.15) is 25.1 Å². The summed E-state index contributed by atoms with van der Waals surface area (Å²) in [6.45, 7) is 5.36. The number of fused-ring (bicyclic) bond motifs is 1. The highest BCUT2D eigenvalue weighted by Crippen LogP contribution is 2.32. The number of ether oxygens (including phenoxy) is 1. The standard InChI is InChI=1S/C18H20FN3O/c1-12(2)11-23-17-9-18(20)21-16-6-7-22(10-15(16)17)14-5-3-4-13(19)8-14/h3-9,12H,10-11H2,1-2H3,(H2,20,21). The average Bonchev–Trinajstić information content (AvgIpc) is 2.52. The van der Waals surface area contributed by atoms with E-state index >= 15 is 0 Å². The molecular weight excluding hydrogens is 293 g/mol. The van der Waals surface area contributed by atoms with E-state index in [0.717, 1.165) is 22.7 Å². The molecule has 0 unspecified atom stereocenters. The predicted octanol–water partition coefficient (Wildman–Crippen LogP) is 3.83. The maximum atomic E-state index is 13.5. The van der Waals surface area contributed by atoms with Gasteiger partial charge in [0.2, 0.25) is 0 Å². The van der Waals surface area contributed by atoms with Crippen LogP contribution in [0.15, 0.2) is 36.5 Å². The van der Waals surface area contributed by atoms with Gasteiger partial charge in [0.15, 0.2) is 0 Å². The number of pyridine rings is 1. The molecule has 2 aromatic rings. The Hall–Kier alpha value is -2.56. The van der Waals surface area contributed by atoms with Crippen molar-refractivity contribution >= 4 is 17.6 Å². The minimum absolute atomic E-state index is 0.256. The van der Waals surface area contributed by atoms with E-state index in [9.17, 15) is 4.39 Å². The van der Waals surface area contributed by atoms with E-state index < -0.39 is 0 Å². The Morgan fingerprint density at radius 1 is 1.35 bits per heavy atom. The second-order valence-electron chi connectivity index (χ2n) is 6.04. The molecule has 1 aliphatic rings. The normalized spacial score (nSPS) is 13.3. The van der Waals surface area contributed by atoms with Crippen LogP contribution in [0, 0.1) is 11.7 Å². The van der Waals surface area contributed by atoms with Gasteiger partial charge in [-0.25, -0.2) is 9.37 Å². The van der Waals surface area contributed by atoms with E-state index in [1.54, 1.807) is 12.1 Å². The van der Waals surface area contributed by atoms with Crippen LogP contribution in [-0.2, 0) is 6.54 Å². The number of hydrogen-bond acceptors (Lipinski definition) is 4. The first-order chi connectivity index (χ1) is 11.0. The van der Waals surface area contributed by atoms with Gasteiger partial charge in [0, 0.05) is 23.5 Å². The highest BCUT2D eigenvalue weighted by atomic mass is 19.1. The van der Waals surface area contributed by atoms with Crippen LogP contribution in [0.2, 0.25) is 0 Å². The molecule has 23 heavy (non-hydrogen) atoms. The summed E-state index contributed by atoms with van der Waals surface area (Å²) in [7, 11) is 0. The third-order valence-corrected chi connectivity index (χ3v) is 3.59. The van der Waals surface area contributed by atoms with Crippen LogP contribution in [0.5, 0.6) is 5.75 Å². The lowest BCUT2D eigenvalue weighted by molar-refractivity contribution is 0.268. The zero-order chi connectivity index (χ0) is 16.4. The molecule has 0 bridgehead atoms. The zero-order valence-electron chi connectivity index (χ0n) is 13.3. The van der Waals surface area contributed by atoms with Gasteiger partial charge in [0.1, 0.15) is 17.4 Å². The number of anilines is 2. The molecule has 0 atom stereocenters. The van der Waals surface area contributed by atoms with E-state index in [1.165, 1.54) is 12.1 Å². The third-order valence-electron chi connectivity index (χ3n) is 3.59. The number of hydrogen-bond donors (Lipinski definition) is 1. The Balaban J connectivity index is 1.92.